The van der Waals surface area contributed by atoms with Gasteiger partial charge in [-0.2, -0.15) is 0 Å². The van der Waals surface area contributed by atoms with Crippen molar-refractivity contribution in [3.63, 3.8) is 0 Å². The summed E-state index contributed by atoms with van der Waals surface area (Å²) in [5, 5.41) is 2.65. The standard InChI is InChI=1S/C14H14FNO2/c15-9-5-6-11-10(7-9)12(14(18)16-11)13(17)8-3-1-2-4-8/h5-8,12H,1-4H2,(H,16,18). The van der Waals surface area contributed by atoms with E-state index in [0.29, 0.717) is 11.3 Å². The smallest absolute Gasteiger partial charge is 0.239 e. The Bertz CT molecular complexity index is 521. The molecule has 1 fully saturated rings. The first-order chi connectivity index (χ1) is 8.66. The Balaban J connectivity index is 1.95. The Kier molecular flexibility index (Phi) is 2.65. The van der Waals surface area contributed by atoms with Crippen LogP contribution in [0.25, 0.3) is 0 Å². The molecule has 1 aliphatic carbocycles. The van der Waals surface area contributed by atoms with Crippen molar-refractivity contribution < 1.29 is 14.0 Å². The van der Waals surface area contributed by atoms with Gasteiger partial charge in [0.25, 0.3) is 0 Å². The third-order valence-electron chi connectivity index (χ3n) is 3.89. The molecule has 0 bridgehead atoms. The summed E-state index contributed by atoms with van der Waals surface area (Å²) >= 11 is 0. The Labute approximate surface area is 104 Å². The SMILES string of the molecule is O=C1Nc2ccc(F)cc2C1C(=O)C1CCCC1. The first kappa shape index (κ1) is 11.4. The highest BCUT2D eigenvalue weighted by Crippen LogP contribution is 2.38. The van der Waals surface area contributed by atoms with Gasteiger partial charge in [0.05, 0.1) is 0 Å². The molecule has 1 amide bonds. The monoisotopic (exact) mass is 247 g/mol. The van der Waals surface area contributed by atoms with Crippen LogP contribution in [0.3, 0.4) is 0 Å². The van der Waals surface area contributed by atoms with Gasteiger partial charge in [0.1, 0.15) is 11.7 Å². The van der Waals surface area contributed by atoms with Crippen LogP contribution >= 0.6 is 0 Å². The third-order valence-corrected chi connectivity index (χ3v) is 3.89. The van der Waals surface area contributed by atoms with E-state index in [4.69, 9.17) is 0 Å². The number of nitrogens with one attached hydrogen (secondary N) is 1. The van der Waals surface area contributed by atoms with E-state index in [-0.39, 0.29) is 17.6 Å². The van der Waals surface area contributed by atoms with Gasteiger partial charge in [0.2, 0.25) is 5.91 Å². The highest BCUT2D eigenvalue weighted by atomic mass is 19.1. The van der Waals surface area contributed by atoms with Crippen LogP contribution in [-0.2, 0) is 9.59 Å². The van der Waals surface area contributed by atoms with Gasteiger partial charge < -0.3 is 5.32 Å². The molecule has 1 aliphatic heterocycles. The van der Waals surface area contributed by atoms with E-state index in [1.54, 1.807) is 0 Å². The fourth-order valence-electron chi connectivity index (χ4n) is 2.96. The average molecular weight is 247 g/mol. The van der Waals surface area contributed by atoms with Crippen LogP contribution in [0.15, 0.2) is 18.2 Å². The lowest BCUT2D eigenvalue weighted by Crippen LogP contribution is -2.26. The number of ketones is 1. The van der Waals surface area contributed by atoms with Gasteiger partial charge in [-0.3, -0.25) is 9.59 Å². The van der Waals surface area contributed by atoms with Crippen LogP contribution in [0, 0.1) is 11.7 Å². The average Bonchev–Trinajstić information content (AvgIpc) is 2.94. The Morgan fingerprint density at radius 2 is 2.00 bits per heavy atom. The summed E-state index contributed by atoms with van der Waals surface area (Å²) in [5.41, 5.74) is 1.06. The molecule has 1 saturated carbocycles. The predicted molar refractivity (Wildman–Crippen MR) is 64.7 cm³/mol. The summed E-state index contributed by atoms with van der Waals surface area (Å²) in [6.07, 6.45) is 3.79. The number of hydrogen-bond acceptors (Lipinski definition) is 2. The zero-order valence-electron chi connectivity index (χ0n) is 9.91. The molecule has 1 aromatic rings. The van der Waals surface area contributed by atoms with E-state index in [1.807, 2.05) is 0 Å². The van der Waals surface area contributed by atoms with Crippen LogP contribution in [-0.4, -0.2) is 11.7 Å². The molecule has 0 spiro atoms. The molecule has 0 aromatic heterocycles. The van der Waals surface area contributed by atoms with Gasteiger partial charge >= 0.3 is 0 Å². The zero-order valence-corrected chi connectivity index (χ0v) is 9.91. The number of rotatable bonds is 2. The summed E-state index contributed by atoms with van der Waals surface area (Å²) in [4.78, 5) is 24.2. The second kappa shape index (κ2) is 4.19. The van der Waals surface area contributed by atoms with Gasteiger partial charge in [0.15, 0.2) is 5.78 Å². The first-order valence-electron chi connectivity index (χ1n) is 6.31. The molecule has 4 heteroatoms. The van der Waals surface area contributed by atoms with Crippen molar-refractivity contribution in [2.45, 2.75) is 31.6 Å². The number of amides is 1. The molecule has 2 aliphatic rings. The fraction of sp³-hybridized carbons (Fsp3) is 0.429. The number of carbonyl (C=O) groups is 2. The van der Waals surface area contributed by atoms with E-state index in [9.17, 15) is 14.0 Å². The van der Waals surface area contributed by atoms with Gasteiger partial charge in [0, 0.05) is 11.6 Å². The molecule has 3 rings (SSSR count). The van der Waals surface area contributed by atoms with Crippen LogP contribution in [0.4, 0.5) is 10.1 Å². The van der Waals surface area contributed by atoms with Crippen molar-refractivity contribution in [2.75, 3.05) is 5.32 Å². The topological polar surface area (TPSA) is 46.2 Å². The molecule has 1 N–H and O–H groups in total. The molecule has 1 unspecified atom stereocenters. The maximum atomic E-state index is 13.3. The van der Waals surface area contributed by atoms with Gasteiger partial charge in [-0.25, -0.2) is 4.39 Å². The minimum atomic E-state index is -0.807. The zero-order chi connectivity index (χ0) is 12.7. The minimum absolute atomic E-state index is 0.0324. The molecule has 1 aromatic carbocycles. The maximum Gasteiger partial charge on any atom is 0.239 e. The number of benzene rings is 1. The molecule has 0 radical (unpaired) electrons. The van der Waals surface area contributed by atoms with Crippen molar-refractivity contribution >= 4 is 17.4 Å². The van der Waals surface area contributed by atoms with Crippen molar-refractivity contribution in [2.24, 2.45) is 5.92 Å². The van der Waals surface area contributed by atoms with E-state index >= 15 is 0 Å². The molecule has 18 heavy (non-hydrogen) atoms. The lowest BCUT2D eigenvalue weighted by Gasteiger charge is -2.13. The van der Waals surface area contributed by atoms with Crippen LogP contribution in [0.2, 0.25) is 0 Å². The normalized spacial score (nSPS) is 22.9. The predicted octanol–water partition coefficient (Wildman–Crippen LogP) is 2.62. The van der Waals surface area contributed by atoms with E-state index < -0.39 is 11.7 Å². The second-order valence-electron chi connectivity index (χ2n) is 5.04. The number of Topliss-reactive ketones (excluding diaryl/α,β-unsaturated/α-hetero) is 1. The fourth-order valence-corrected chi connectivity index (χ4v) is 2.96. The number of carbonyl (C=O) groups excluding carboxylic acids is 2. The van der Waals surface area contributed by atoms with Crippen molar-refractivity contribution in [1.29, 1.82) is 0 Å². The van der Waals surface area contributed by atoms with E-state index in [2.05, 4.69) is 5.32 Å². The molecular weight excluding hydrogens is 233 g/mol. The quantitative estimate of drug-likeness (QED) is 0.816. The van der Waals surface area contributed by atoms with Gasteiger partial charge in [-0.05, 0) is 36.6 Å². The van der Waals surface area contributed by atoms with Gasteiger partial charge in [-0.15, -0.1) is 0 Å². The van der Waals surface area contributed by atoms with Crippen molar-refractivity contribution in [1.82, 2.24) is 0 Å². The highest BCUT2D eigenvalue weighted by molar-refractivity contribution is 6.17. The molecule has 94 valence electrons. The van der Waals surface area contributed by atoms with Crippen molar-refractivity contribution in [3.8, 4) is 0 Å². The van der Waals surface area contributed by atoms with E-state index in [1.165, 1.54) is 18.2 Å². The van der Waals surface area contributed by atoms with Gasteiger partial charge in [-0.1, -0.05) is 12.8 Å². The summed E-state index contributed by atoms with van der Waals surface area (Å²) in [5.74, 6) is -1.61. The minimum Gasteiger partial charge on any atom is -0.325 e. The lowest BCUT2D eigenvalue weighted by atomic mass is 9.87. The van der Waals surface area contributed by atoms with Crippen LogP contribution in [0.5, 0.6) is 0 Å². The molecule has 3 nitrogen and oxygen atoms in total. The first-order valence-corrected chi connectivity index (χ1v) is 6.31. The maximum absolute atomic E-state index is 13.3. The summed E-state index contributed by atoms with van der Waals surface area (Å²) < 4.78 is 13.3. The van der Waals surface area contributed by atoms with Crippen LogP contribution < -0.4 is 5.32 Å². The van der Waals surface area contributed by atoms with E-state index in [0.717, 1.165) is 25.7 Å². The summed E-state index contributed by atoms with van der Waals surface area (Å²) in [6, 6.07) is 4.11. The number of anilines is 1. The number of hydrogen-bond donors (Lipinski definition) is 1. The third kappa shape index (κ3) is 1.72. The molecule has 1 atom stereocenters. The largest absolute Gasteiger partial charge is 0.325 e. The Morgan fingerprint density at radius 3 is 2.72 bits per heavy atom. The number of halogens is 1. The lowest BCUT2D eigenvalue weighted by molar-refractivity contribution is -0.129. The van der Waals surface area contributed by atoms with Crippen molar-refractivity contribution in [3.05, 3.63) is 29.6 Å². The summed E-state index contributed by atoms with van der Waals surface area (Å²) in [6.45, 7) is 0. The Morgan fingerprint density at radius 1 is 1.28 bits per heavy atom. The van der Waals surface area contributed by atoms with Crippen LogP contribution in [0.1, 0.15) is 37.2 Å². The highest BCUT2D eigenvalue weighted by Gasteiger charge is 2.40. The Hall–Kier alpha value is -1.71. The number of fused-ring (bicyclic) bond motifs is 1. The summed E-state index contributed by atoms with van der Waals surface area (Å²) in [7, 11) is 0. The molecule has 1 heterocycles. The molecular formula is C14H14FNO2. The second-order valence-corrected chi connectivity index (χ2v) is 5.04. The molecule has 0 saturated heterocycles.